The molecular formula is C12H19N3O. The Morgan fingerprint density at radius 3 is 2.56 bits per heavy atom. The minimum atomic E-state index is -0.143. The van der Waals surface area contributed by atoms with Gasteiger partial charge in [0, 0.05) is 17.9 Å². The second kappa shape index (κ2) is 4.11. The Morgan fingerprint density at radius 1 is 1.44 bits per heavy atom. The van der Waals surface area contributed by atoms with Crippen LogP contribution in [0.25, 0.3) is 0 Å². The molecule has 0 saturated carbocycles. The molecule has 1 saturated heterocycles. The molecule has 16 heavy (non-hydrogen) atoms. The van der Waals surface area contributed by atoms with Crippen LogP contribution in [0.15, 0.2) is 6.07 Å². The molecular weight excluding hydrogens is 202 g/mol. The summed E-state index contributed by atoms with van der Waals surface area (Å²) in [4.78, 5) is 9.14. The van der Waals surface area contributed by atoms with Crippen LogP contribution in [0.5, 0.6) is 0 Å². The van der Waals surface area contributed by atoms with E-state index in [2.05, 4.69) is 23.8 Å². The van der Waals surface area contributed by atoms with Gasteiger partial charge in [0.2, 0.25) is 0 Å². The standard InChI is InChI=1S/C12H19N3O/c1-8(2)10-4-9(3)14-11(15-10)12(5-13)6-16-7-12/h4,8H,5-7,13H2,1-3H3. The number of ether oxygens (including phenoxy) is 1. The molecule has 0 unspecified atom stereocenters. The predicted molar refractivity (Wildman–Crippen MR) is 62.4 cm³/mol. The molecule has 1 aromatic rings. The van der Waals surface area contributed by atoms with Crippen LogP contribution in [0.4, 0.5) is 0 Å². The summed E-state index contributed by atoms with van der Waals surface area (Å²) in [6.45, 7) is 8.11. The zero-order valence-electron chi connectivity index (χ0n) is 10.2. The Labute approximate surface area is 96.2 Å². The van der Waals surface area contributed by atoms with Crippen molar-refractivity contribution >= 4 is 0 Å². The van der Waals surface area contributed by atoms with E-state index in [1.165, 1.54) is 0 Å². The largest absolute Gasteiger partial charge is 0.379 e. The van der Waals surface area contributed by atoms with Gasteiger partial charge in [-0.1, -0.05) is 13.8 Å². The van der Waals surface area contributed by atoms with Gasteiger partial charge in [0.1, 0.15) is 5.82 Å². The van der Waals surface area contributed by atoms with Crippen LogP contribution in [0.2, 0.25) is 0 Å². The van der Waals surface area contributed by atoms with Gasteiger partial charge in [-0.3, -0.25) is 0 Å². The van der Waals surface area contributed by atoms with E-state index < -0.39 is 0 Å². The molecule has 0 aliphatic carbocycles. The number of aromatic nitrogens is 2. The number of nitrogens with two attached hydrogens (primary N) is 1. The lowest BCUT2D eigenvalue weighted by Gasteiger charge is -2.39. The Bertz CT molecular complexity index is 380. The highest BCUT2D eigenvalue weighted by molar-refractivity contribution is 5.20. The summed E-state index contributed by atoms with van der Waals surface area (Å²) >= 11 is 0. The SMILES string of the molecule is Cc1cc(C(C)C)nc(C2(CN)COC2)n1. The van der Waals surface area contributed by atoms with Crippen molar-refractivity contribution in [2.45, 2.75) is 32.1 Å². The second-order valence-corrected chi connectivity index (χ2v) is 4.89. The van der Waals surface area contributed by atoms with Gasteiger partial charge in [0.15, 0.2) is 0 Å². The Hall–Kier alpha value is -1.00. The van der Waals surface area contributed by atoms with Gasteiger partial charge in [-0.2, -0.15) is 0 Å². The molecule has 1 aromatic heterocycles. The summed E-state index contributed by atoms with van der Waals surface area (Å²) in [5, 5.41) is 0. The van der Waals surface area contributed by atoms with Crippen LogP contribution in [0, 0.1) is 6.92 Å². The number of aryl methyl sites for hydroxylation is 1. The molecule has 1 fully saturated rings. The second-order valence-electron chi connectivity index (χ2n) is 4.89. The molecule has 2 heterocycles. The van der Waals surface area contributed by atoms with E-state index in [1.807, 2.05) is 13.0 Å². The third-order valence-corrected chi connectivity index (χ3v) is 3.09. The number of hydrogen-bond donors (Lipinski definition) is 1. The minimum Gasteiger partial charge on any atom is -0.379 e. The van der Waals surface area contributed by atoms with Gasteiger partial charge in [0.25, 0.3) is 0 Å². The number of hydrogen-bond acceptors (Lipinski definition) is 4. The fraction of sp³-hybridized carbons (Fsp3) is 0.667. The lowest BCUT2D eigenvalue weighted by atomic mass is 9.85. The van der Waals surface area contributed by atoms with Gasteiger partial charge < -0.3 is 10.5 Å². The third kappa shape index (κ3) is 1.83. The minimum absolute atomic E-state index is 0.143. The summed E-state index contributed by atoms with van der Waals surface area (Å²) in [6.07, 6.45) is 0. The fourth-order valence-corrected chi connectivity index (χ4v) is 1.81. The van der Waals surface area contributed by atoms with Crippen molar-refractivity contribution in [3.05, 3.63) is 23.3 Å². The first kappa shape index (κ1) is 11.5. The van der Waals surface area contributed by atoms with E-state index in [4.69, 9.17) is 10.5 Å². The topological polar surface area (TPSA) is 61.0 Å². The average molecular weight is 221 g/mol. The van der Waals surface area contributed by atoms with Gasteiger partial charge in [-0.15, -0.1) is 0 Å². The Morgan fingerprint density at radius 2 is 2.12 bits per heavy atom. The third-order valence-electron chi connectivity index (χ3n) is 3.09. The summed E-state index contributed by atoms with van der Waals surface area (Å²) in [5.41, 5.74) is 7.77. The first-order valence-corrected chi connectivity index (χ1v) is 5.71. The molecule has 88 valence electrons. The molecule has 4 nitrogen and oxygen atoms in total. The van der Waals surface area contributed by atoms with Crippen LogP contribution in [0.3, 0.4) is 0 Å². The van der Waals surface area contributed by atoms with E-state index in [0.717, 1.165) is 17.2 Å². The Kier molecular flexibility index (Phi) is 2.95. The number of rotatable bonds is 3. The van der Waals surface area contributed by atoms with Crippen LogP contribution in [-0.2, 0) is 10.2 Å². The van der Waals surface area contributed by atoms with E-state index in [0.29, 0.717) is 25.7 Å². The lowest BCUT2D eigenvalue weighted by Crippen LogP contribution is -2.53. The molecule has 4 heteroatoms. The van der Waals surface area contributed by atoms with Gasteiger partial charge in [-0.05, 0) is 18.9 Å². The van der Waals surface area contributed by atoms with E-state index in [1.54, 1.807) is 0 Å². The molecule has 1 aliphatic heterocycles. The molecule has 0 spiro atoms. The highest BCUT2D eigenvalue weighted by Gasteiger charge is 2.42. The summed E-state index contributed by atoms with van der Waals surface area (Å²) < 4.78 is 5.26. The maximum Gasteiger partial charge on any atom is 0.140 e. The van der Waals surface area contributed by atoms with Crippen molar-refractivity contribution in [3.8, 4) is 0 Å². The van der Waals surface area contributed by atoms with Crippen LogP contribution >= 0.6 is 0 Å². The summed E-state index contributed by atoms with van der Waals surface area (Å²) in [5.74, 6) is 1.27. The fourth-order valence-electron chi connectivity index (χ4n) is 1.81. The highest BCUT2D eigenvalue weighted by atomic mass is 16.5. The Balaban J connectivity index is 2.40. The summed E-state index contributed by atoms with van der Waals surface area (Å²) in [6, 6.07) is 2.04. The van der Waals surface area contributed by atoms with Crippen molar-refractivity contribution in [1.82, 2.24) is 9.97 Å². The maximum absolute atomic E-state index is 5.82. The predicted octanol–water partition coefficient (Wildman–Crippen LogP) is 1.14. The van der Waals surface area contributed by atoms with Crippen molar-refractivity contribution in [2.24, 2.45) is 5.73 Å². The zero-order valence-corrected chi connectivity index (χ0v) is 10.2. The maximum atomic E-state index is 5.82. The van der Waals surface area contributed by atoms with Crippen molar-refractivity contribution in [1.29, 1.82) is 0 Å². The first-order chi connectivity index (χ1) is 7.57. The molecule has 0 bridgehead atoms. The van der Waals surface area contributed by atoms with Crippen LogP contribution in [0.1, 0.15) is 37.0 Å². The van der Waals surface area contributed by atoms with E-state index in [9.17, 15) is 0 Å². The molecule has 0 radical (unpaired) electrons. The van der Waals surface area contributed by atoms with Gasteiger partial charge >= 0.3 is 0 Å². The molecule has 0 amide bonds. The molecule has 2 rings (SSSR count). The molecule has 0 atom stereocenters. The smallest absolute Gasteiger partial charge is 0.140 e. The van der Waals surface area contributed by atoms with Gasteiger partial charge in [0.05, 0.1) is 18.6 Å². The van der Waals surface area contributed by atoms with E-state index in [-0.39, 0.29) is 5.41 Å². The normalized spacial score (nSPS) is 18.6. The highest BCUT2D eigenvalue weighted by Crippen LogP contribution is 2.29. The van der Waals surface area contributed by atoms with Crippen LogP contribution < -0.4 is 5.73 Å². The van der Waals surface area contributed by atoms with Crippen molar-refractivity contribution < 1.29 is 4.74 Å². The average Bonchev–Trinajstić information content (AvgIpc) is 2.16. The quantitative estimate of drug-likeness (QED) is 0.831. The van der Waals surface area contributed by atoms with Crippen molar-refractivity contribution in [2.75, 3.05) is 19.8 Å². The van der Waals surface area contributed by atoms with Crippen molar-refractivity contribution in [3.63, 3.8) is 0 Å². The molecule has 0 aromatic carbocycles. The van der Waals surface area contributed by atoms with Crippen LogP contribution in [-0.4, -0.2) is 29.7 Å². The number of nitrogens with zero attached hydrogens (tertiary/aromatic N) is 2. The lowest BCUT2D eigenvalue weighted by molar-refractivity contribution is -0.0595. The summed E-state index contributed by atoms with van der Waals surface area (Å²) in [7, 11) is 0. The molecule has 2 N–H and O–H groups in total. The monoisotopic (exact) mass is 221 g/mol. The van der Waals surface area contributed by atoms with E-state index >= 15 is 0 Å². The first-order valence-electron chi connectivity index (χ1n) is 5.71. The zero-order chi connectivity index (χ0) is 11.8. The van der Waals surface area contributed by atoms with Gasteiger partial charge in [-0.25, -0.2) is 9.97 Å². The molecule has 1 aliphatic rings.